The first-order valence-corrected chi connectivity index (χ1v) is 7.17. The van der Waals surface area contributed by atoms with Gasteiger partial charge >= 0.3 is 0 Å². The molecule has 0 aliphatic heterocycles. The van der Waals surface area contributed by atoms with Crippen molar-refractivity contribution in [3.8, 4) is 0 Å². The highest BCUT2D eigenvalue weighted by Gasteiger charge is 2.23. The number of nitrogens with one attached hydrogen (secondary N) is 1. The summed E-state index contributed by atoms with van der Waals surface area (Å²) >= 11 is 6.33. The average Bonchev–Trinajstić information content (AvgIpc) is 2.79. The molecular formula is C14H20ClN5. The minimum Gasteiger partial charge on any atom is -0.304 e. The largest absolute Gasteiger partial charge is 0.304 e. The number of aryl methyl sites for hydroxylation is 1. The highest BCUT2D eigenvalue weighted by atomic mass is 35.5. The van der Waals surface area contributed by atoms with Crippen LogP contribution in [-0.4, -0.2) is 26.3 Å². The van der Waals surface area contributed by atoms with Gasteiger partial charge in [0.15, 0.2) is 0 Å². The zero-order valence-electron chi connectivity index (χ0n) is 12.3. The monoisotopic (exact) mass is 293 g/mol. The fourth-order valence-corrected chi connectivity index (χ4v) is 2.37. The van der Waals surface area contributed by atoms with E-state index in [-0.39, 0.29) is 12.1 Å². The van der Waals surface area contributed by atoms with Crippen molar-refractivity contribution >= 4 is 11.6 Å². The van der Waals surface area contributed by atoms with Gasteiger partial charge in [-0.15, -0.1) is 0 Å². The van der Waals surface area contributed by atoms with Crippen molar-refractivity contribution in [1.82, 2.24) is 25.1 Å². The van der Waals surface area contributed by atoms with Crippen molar-refractivity contribution in [2.45, 2.75) is 39.8 Å². The minimum atomic E-state index is -0.106. The van der Waals surface area contributed by atoms with Crippen molar-refractivity contribution < 1.29 is 0 Å². The Balaban J connectivity index is 2.48. The lowest BCUT2D eigenvalue weighted by molar-refractivity contribution is 0.472. The molecule has 108 valence electrons. The van der Waals surface area contributed by atoms with Crippen LogP contribution in [0, 0.1) is 6.92 Å². The fourth-order valence-electron chi connectivity index (χ4n) is 2.13. The molecule has 0 fully saturated rings. The lowest BCUT2D eigenvalue weighted by atomic mass is 10.1. The molecule has 0 amide bonds. The molecular weight excluding hydrogens is 274 g/mol. The molecule has 0 saturated heterocycles. The molecule has 1 N–H and O–H groups in total. The van der Waals surface area contributed by atoms with Gasteiger partial charge in [-0.05, 0) is 27.3 Å². The molecule has 6 heteroatoms. The van der Waals surface area contributed by atoms with E-state index in [0.29, 0.717) is 5.02 Å². The van der Waals surface area contributed by atoms with Gasteiger partial charge in [0.2, 0.25) is 0 Å². The van der Waals surface area contributed by atoms with Crippen LogP contribution in [0.4, 0.5) is 0 Å². The molecule has 2 rings (SSSR count). The van der Waals surface area contributed by atoms with Crippen LogP contribution in [0.5, 0.6) is 0 Å². The second kappa shape index (κ2) is 6.33. The van der Waals surface area contributed by atoms with Gasteiger partial charge in [0.25, 0.3) is 0 Å². The van der Waals surface area contributed by atoms with E-state index < -0.39 is 0 Å². The summed E-state index contributed by atoms with van der Waals surface area (Å²) in [5, 5.41) is 8.41. The van der Waals surface area contributed by atoms with Crippen molar-refractivity contribution in [1.29, 1.82) is 0 Å². The molecule has 0 aromatic carbocycles. The van der Waals surface area contributed by atoms with Gasteiger partial charge in [0.1, 0.15) is 0 Å². The third-order valence-corrected chi connectivity index (χ3v) is 3.35. The van der Waals surface area contributed by atoms with E-state index in [9.17, 15) is 0 Å². The normalized spacial score (nSPS) is 12.9. The van der Waals surface area contributed by atoms with E-state index in [1.165, 1.54) is 0 Å². The number of aromatic nitrogens is 4. The maximum Gasteiger partial charge on any atom is 0.0952 e. The van der Waals surface area contributed by atoms with Gasteiger partial charge < -0.3 is 5.32 Å². The van der Waals surface area contributed by atoms with E-state index >= 15 is 0 Å². The van der Waals surface area contributed by atoms with E-state index in [1.54, 1.807) is 18.6 Å². The van der Waals surface area contributed by atoms with Gasteiger partial charge in [-0.2, -0.15) is 5.10 Å². The molecule has 1 atom stereocenters. The summed E-state index contributed by atoms with van der Waals surface area (Å²) in [6, 6.07) is 0.127. The highest BCUT2D eigenvalue weighted by molar-refractivity contribution is 6.31. The molecule has 0 radical (unpaired) electrons. The lowest BCUT2D eigenvalue weighted by Gasteiger charge is -2.21. The summed E-state index contributed by atoms with van der Waals surface area (Å²) in [7, 11) is 0. The highest BCUT2D eigenvalue weighted by Crippen LogP contribution is 2.29. The Kier molecular flexibility index (Phi) is 4.73. The van der Waals surface area contributed by atoms with Gasteiger partial charge in [-0.25, -0.2) is 0 Å². The molecule has 20 heavy (non-hydrogen) atoms. The van der Waals surface area contributed by atoms with E-state index in [4.69, 9.17) is 11.6 Å². The smallest absolute Gasteiger partial charge is 0.0952 e. The number of halogens is 1. The third-order valence-electron chi connectivity index (χ3n) is 3.05. The van der Waals surface area contributed by atoms with Crippen LogP contribution >= 0.6 is 11.6 Å². The molecule has 0 saturated carbocycles. The lowest BCUT2D eigenvalue weighted by Crippen LogP contribution is -2.26. The maximum absolute atomic E-state index is 6.33. The minimum absolute atomic E-state index is 0.106. The van der Waals surface area contributed by atoms with E-state index in [0.717, 1.165) is 23.6 Å². The summed E-state index contributed by atoms with van der Waals surface area (Å²) in [5.74, 6) is 0. The predicted octanol–water partition coefficient (Wildman–Crippen LogP) is 2.91. The number of rotatable bonds is 5. The molecule has 2 aromatic heterocycles. The van der Waals surface area contributed by atoms with Crippen LogP contribution in [-0.2, 0) is 0 Å². The Morgan fingerprint density at radius 3 is 2.55 bits per heavy atom. The average molecular weight is 294 g/mol. The Morgan fingerprint density at radius 1 is 1.25 bits per heavy atom. The predicted molar refractivity (Wildman–Crippen MR) is 79.9 cm³/mol. The number of hydrogen-bond donors (Lipinski definition) is 1. The van der Waals surface area contributed by atoms with E-state index in [1.807, 2.05) is 11.6 Å². The van der Waals surface area contributed by atoms with Crippen LogP contribution in [0.2, 0.25) is 5.02 Å². The zero-order valence-corrected chi connectivity index (χ0v) is 13.0. The summed E-state index contributed by atoms with van der Waals surface area (Å²) in [6.45, 7) is 8.94. The summed E-state index contributed by atoms with van der Waals surface area (Å²) in [5.41, 5.74) is 2.68. The molecule has 2 heterocycles. The van der Waals surface area contributed by atoms with Crippen molar-refractivity contribution in [2.75, 3.05) is 6.54 Å². The Labute approximate surface area is 124 Å². The van der Waals surface area contributed by atoms with Crippen molar-refractivity contribution in [3.63, 3.8) is 0 Å². The van der Waals surface area contributed by atoms with Gasteiger partial charge in [-0.3, -0.25) is 14.6 Å². The van der Waals surface area contributed by atoms with Crippen LogP contribution in [0.25, 0.3) is 0 Å². The van der Waals surface area contributed by atoms with E-state index in [2.05, 4.69) is 41.2 Å². The molecule has 2 aromatic rings. The fraction of sp³-hybridized carbons (Fsp3) is 0.500. The quantitative estimate of drug-likeness (QED) is 0.921. The summed E-state index contributed by atoms with van der Waals surface area (Å²) in [4.78, 5) is 8.79. The third kappa shape index (κ3) is 2.99. The zero-order chi connectivity index (χ0) is 14.7. The second-order valence-corrected chi connectivity index (χ2v) is 5.40. The van der Waals surface area contributed by atoms with Gasteiger partial charge in [0, 0.05) is 12.2 Å². The van der Waals surface area contributed by atoms with Crippen molar-refractivity contribution in [2.24, 2.45) is 0 Å². The first-order valence-electron chi connectivity index (χ1n) is 6.79. The first-order chi connectivity index (χ1) is 9.54. The maximum atomic E-state index is 6.33. The Morgan fingerprint density at radius 2 is 2.00 bits per heavy atom. The molecule has 1 unspecified atom stereocenters. The van der Waals surface area contributed by atoms with Gasteiger partial charge in [-0.1, -0.05) is 18.5 Å². The summed E-state index contributed by atoms with van der Waals surface area (Å²) in [6.07, 6.45) is 5.24. The standard InChI is InChI=1S/C14H20ClN5/c1-5-16-13(12-8-17-10(4)6-18-12)14-11(15)7-19-20(14)9(2)3/h6-9,13,16H,5H2,1-4H3. The number of hydrogen-bond acceptors (Lipinski definition) is 4. The van der Waals surface area contributed by atoms with Crippen LogP contribution in [0.15, 0.2) is 18.6 Å². The molecule has 0 aliphatic carbocycles. The van der Waals surface area contributed by atoms with Crippen LogP contribution in [0.3, 0.4) is 0 Å². The molecule has 0 aliphatic rings. The topological polar surface area (TPSA) is 55.6 Å². The number of nitrogens with zero attached hydrogens (tertiary/aromatic N) is 4. The SMILES string of the molecule is CCNC(c1cnc(C)cn1)c1c(Cl)cnn1C(C)C. The molecule has 0 spiro atoms. The molecule has 5 nitrogen and oxygen atoms in total. The Hall–Kier alpha value is -1.46. The second-order valence-electron chi connectivity index (χ2n) is 4.99. The van der Waals surface area contributed by atoms with Gasteiger partial charge in [0.05, 0.1) is 40.5 Å². The van der Waals surface area contributed by atoms with Crippen LogP contribution < -0.4 is 5.32 Å². The molecule has 0 bridgehead atoms. The van der Waals surface area contributed by atoms with Crippen molar-refractivity contribution in [3.05, 3.63) is 40.7 Å². The first kappa shape index (κ1) is 14.9. The van der Waals surface area contributed by atoms with Crippen LogP contribution in [0.1, 0.15) is 49.9 Å². The summed E-state index contributed by atoms with van der Waals surface area (Å²) < 4.78 is 1.93. The Bertz CT molecular complexity index is 561.